The number of hydrogen-bond acceptors (Lipinski definition) is 4. The van der Waals surface area contributed by atoms with Gasteiger partial charge in [-0.2, -0.15) is 16.9 Å². The van der Waals surface area contributed by atoms with Gasteiger partial charge < -0.3 is 9.64 Å². The molecule has 2 rings (SSSR count). The fourth-order valence-electron chi connectivity index (χ4n) is 2.64. The van der Waals surface area contributed by atoms with Crippen molar-refractivity contribution in [3.63, 3.8) is 0 Å². The Labute approximate surface area is 155 Å². The van der Waals surface area contributed by atoms with Gasteiger partial charge in [-0.1, -0.05) is 37.3 Å². The second-order valence-electron chi connectivity index (χ2n) is 5.72. The molecule has 0 N–H and O–H groups in total. The van der Waals surface area contributed by atoms with Crippen LogP contribution in [0.2, 0.25) is 0 Å². The van der Waals surface area contributed by atoms with Crippen molar-refractivity contribution in [2.45, 2.75) is 20.3 Å². The van der Waals surface area contributed by atoms with Gasteiger partial charge in [0.1, 0.15) is 5.82 Å². The summed E-state index contributed by atoms with van der Waals surface area (Å²) < 4.78 is 7.49. The summed E-state index contributed by atoms with van der Waals surface area (Å²) in [4.78, 5) is 2.35. The Morgan fingerprint density at radius 3 is 2.84 bits per heavy atom. The maximum absolute atomic E-state index is 5.49. The van der Waals surface area contributed by atoms with Gasteiger partial charge in [-0.05, 0) is 31.7 Å². The van der Waals surface area contributed by atoms with Crippen molar-refractivity contribution in [2.75, 3.05) is 38.3 Å². The molecule has 1 aliphatic rings. The summed E-state index contributed by atoms with van der Waals surface area (Å²) in [5.74, 6) is 2.12. The molecule has 0 unspecified atom stereocenters. The van der Waals surface area contributed by atoms with E-state index in [1.54, 1.807) is 0 Å². The Kier molecular flexibility index (Phi) is 8.63. The number of thioether (sulfide) groups is 1. The van der Waals surface area contributed by atoms with E-state index in [4.69, 9.17) is 9.84 Å². The predicted molar refractivity (Wildman–Crippen MR) is 109 cm³/mol. The van der Waals surface area contributed by atoms with Crippen molar-refractivity contribution in [1.82, 2.24) is 14.7 Å². The van der Waals surface area contributed by atoms with Gasteiger partial charge in [-0.25, -0.2) is 4.68 Å². The highest BCUT2D eigenvalue weighted by atomic mass is 32.2. The van der Waals surface area contributed by atoms with Gasteiger partial charge >= 0.3 is 0 Å². The number of allylic oxidation sites excluding steroid dienone is 6. The summed E-state index contributed by atoms with van der Waals surface area (Å²) in [6.45, 7) is 7.54. The van der Waals surface area contributed by atoms with Crippen LogP contribution in [0.1, 0.15) is 26.0 Å². The van der Waals surface area contributed by atoms with Crippen molar-refractivity contribution in [3.8, 4) is 0 Å². The molecule has 0 bridgehead atoms. The van der Waals surface area contributed by atoms with Gasteiger partial charge in [0.05, 0.1) is 18.9 Å². The summed E-state index contributed by atoms with van der Waals surface area (Å²) in [6, 6.07) is 2.08. The summed E-state index contributed by atoms with van der Waals surface area (Å²) in [5.41, 5.74) is 2.11. The number of aromatic nitrogens is 2. The van der Waals surface area contributed by atoms with Crippen molar-refractivity contribution >= 4 is 23.2 Å². The van der Waals surface area contributed by atoms with E-state index in [0.717, 1.165) is 55.6 Å². The number of hydrogen-bond donors (Lipinski definition) is 0. The molecule has 0 aromatic carbocycles. The van der Waals surface area contributed by atoms with E-state index in [1.165, 1.54) is 0 Å². The van der Waals surface area contributed by atoms with Crippen molar-refractivity contribution < 1.29 is 4.74 Å². The Morgan fingerprint density at radius 2 is 2.16 bits per heavy atom. The van der Waals surface area contributed by atoms with Gasteiger partial charge in [0.15, 0.2) is 0 Å². The maximum atomic E-state index is 5.49. The minimum Gasteiger partial charge on any atom is -0.378 e. The smallest absolute Gasteiger partial charge is 0.126 e. The third-order valence-electron chi connectivity index (χ3n) is 3.88. The molecule has 0 atom stereocenters. The van der Waals surface area contributed by atoms with Crippen LogP contribution in [0.3, 0.4) is 0 Å². The monoisotopic (exact) mass is 359 g/mol. The lowest BCUT2D eigenvalue weighted by atomic mass is 10.1. The minimum atomic E-state index is 0.774. The molecule has 136 valence electrons. The molecule has 1 saturated heterocycles. The highest BCUT2D eigenvalue weighted by molar-refractivity contribution is 7.98. The number of rotatable bonds is 8. The number of morpholine rings is 1. The van der Waals surface area contributed by atoms with Crippen LogP contribution in [0.5, 0.6) is 0 Å². The predicted octanol–water partition coefficient (Wildman–Crippen LogP) is 4.30. The first kappa shape index (κ1) is 19.6. The average molecular weight is 360 g/mol. The van der Waals surface area contributed by atoms with Crippen LogP contribution >= 0.6 is 11.8 Å². The van der Waals surface area contributed by atoms with E-state index in [9.17, 15) is 0 Å². The number of ether oxygens (including phenoxy) is 1. The molecule has 2 heterocycles. The molecule has 1 aromatic rings. The van der Waals surface area contributed by atoms with E-state index in [0.29, 0.717) is 0 Å². The van der Waals surface area contributed by atoms with E-state index in [2.05, 4.69) is 66.8 Å². The SMILES string of the molecule is C\C=C/C(=C\C=C\CC)c1ccn(/C(=C\CSC)N2CCOCC2)n1. The number of nitrogens with zero attached hydrogens (tertiary/aromatic N) is 3. The third-order valence-corrected chi connectivity index (χ3v) is 4.38. The average Bonchev–Trinajstić information content (AvgIpc) is 3.12. The maximum Gasteiger partial charge on any atom is 0.126 e. The molecule has 0 spiro atoms. The molecule has 0 radical (unpaired) electrons. The normalized spacial score (nSPS) is 17.2. The summed E-state index contributed by atoms with van der Waals surface area (Å²) in [7, 11) is 0. The van der Waals surface area contributed by atoms with Crippen LogP contribution in [0.4, 0.5) is 0 Å². The van der Waals surface area contributed by atoms with Crippen LogP contribution < -0.4 is 0 Å². The van der Waals surface area contributed by atoms with E-state index < -0.39 is 0 Å². The Hall–Kier alpha value is -1.72. The van der Waals surface area contributed by atoms with Crippen molar-refractivity contribution in [2.24, 2.45) is 0 Å². The molecule has 0 amide bonds. The Balaban J connectivity index is 2.28. The molecule has 0 saturated carbocycles. The van der Waals surface area contributed by atoms with Crippen LogP contribution in [0.25, 0.3) is 11.4 Å². The first-order valence-electron chi connectivity index (χ1n) is 8.87. The fourth-order valence-corrected chi connectivity index (χ4v) is 2.95. The summed E-state index contributed by atoms with van der Waals surface area (Å²) in [5, 5.41) is 4.84. The van der Waals surface area contributed by atoms with E-state index in [1.807, 2.05) is 23.4 Å². The minimum absolute atomic E-state index is 0.774. The van der Waals surface area contributed by atoms with Crippen molar-refractivity contribution in [1.29, 1.82) is 0 Å². The molecule has 1 aliphatic heterocycles. The topological polar surface area (TPSA) is 30.3 Å². The van der Waals surface area contributed by atoms with Crippen LogP contribution in [-0.4, -0.2) is 53.0 Å². The fraction of sp³-hybridized carbons (Fsp3) is 0.450. The highest BCUT2D eigenvalue weighted by Crippen LogP contribution is 2.19. The second-order valence-corrected chi connectivity index (χ2v) is 6.63. The zero-order valence-corrected chi connectivity index (χ0v) is 16.3. The highest BCUT2D eigenvalue weighted by Gasteiger charge is 2.16. The molecule has 1 fully saturated rings. The first-order chi connectivity index (χ1) is 12.3. The second kappa shape index (κ2) is 11.0. The van der Waals surface area contributed by atoms with Crippen molar-refractivity contribution in [3.05, 3.63) is 54.4 Å². The van der Waals surface area contributed by atoms with Gasteiger partial charge in [0, 0.05) is 30.6 Å². The third kappa shape index (κ3) is 5.94. The lowest BCUT2D eigenvalue weighted by Gasteiger charge is -2.30. The molecular formula is C20H29N3OS. The largest absolute Gasteiger partial charge is 0.378 e. The zero-order chi connectivity index (χ0) is 17.9. The summed E-state index contributed by atoms with van der Waals surface area (Å²) in [6.07, 6.45) is 18.0. The molecule has 4 nitrogen and oxygen atoms in total. The van der Waals surface area contributed by atoms with Gasteiger partial charge in [-0.15, -0.1) is 0 Å². The van der Waals surface area contributed by atoms with Gasteiger partial charge in [0.2, 0.25) is 0 Å². The quantitative estimate of drug-likeness (QED) is 0.647. The molecule has 1 aromatic heterocycles. The molecule has 25 heavy (non-hydrogen) atoms. The lowest BCUT2D eigenvalue weighted by molar-refractivity contribution is 0.0611. The molecular weight excluding hydrogens is 330 g/mol. The zero-order valence-electron chi connectivity index (χ0n) is 15.5. The van der Waals surface area contributed by atoms with Crippen LogP contribution in [0.15, 0.2) is 48.7 Å². The first-order valence-corrected chi connectivity index (χ1v) is 10.3. The Morgan fingerprint density at radius 1 is 1.36 bits per heavy atom. The van der Waals surface area contributed by atoms with E-state index in [-0.39, 0.29) is 0 Å². The lowest BCUT2D eigenvalue weighted by Crippen LogP contribution is -2.36. The van der Waals surface area contributed by atoms with Crippen LogP contribution in [0, 0.1) is 0 Å². The molecule has 5 heteroatoms. The summed E-state index contributed by atoms with van der Waals surface area (Å²) >= 11 is 1.82. The van der Waals surface area contributed by atoms with E-state index >= 15 is 0 Å². The van der Waals surface area contributed by atoms with Gasteiger partial charge in [0.25, 0.3) is 0 Å². The standard InChI is InChI=1S/C20H29N3OS/c1-4-6-7-9-18(8-5-2)19-10-12-23(21-19)20(11-17-25-3)22-13-15-24-16-14-22/h5-12H,4,13-17H2,1-3H3/b7-6+,8-5-,18-9+,20-11-. The molecule has 0 aliphatic carbocycles. The van der Waals surface area contributed by atoms with Crippen LogP contribution in [-0.2, 0) is 4.74 Å². The van der Waals surface area contributed by atoms with Gasteiger partial charge in [-0.3, -0.25) is 0 Å². The Bertz CT molecular complexity index is 637.